The molecule has 0 aromatic heterocycles. The Hall–Kier alpha value is -1.44. The van der Waals surface area contributed by atoms with Crippen LogP contribution in [0.4, 0.5) is 0 Å². The van der Waals surface area contributed by atoms with Gasteiger partial charge in [0, 0.05) is 17.1 Å². The Kier molecular flexibility index (Phi) is 5.67. The quantitative estimate of drug-likeness (QED) is 0.768. The number of sulfonamides is 1. The molecule has 0 saturated heterocycles. The van der Waals surface area contributed by atoms with Gasteiger partial charge >= 0.3 is 0 Å². The van der Waals surface area contributed by atoms with E-state index in [0.29, 0.717) is 18.4 Å². The van der Waals surface area contributed by atoms with Crippen LogP contribution in [0.3, 0.4) is 0 Å². The highest BCUT2D eigenvalue weighted by atomic mass is 32.2. The number of amides is 1. The van der Waals surface area contributed by atoms with Crippen molar-refractivity contribution in [3.8, 4) is 0 Å². The zero-order chi connectivity index (χ0) is 18.0. The zero-order valence-electron chi connectivity index (χ0n) is 14.4. The maximum atomic E-state index is 12.2. The minimum absolute atomic E-state index is 0.0619. The van der Waals surface area contributed by atoms with Crippen LogP contribution in [0.25, 0.3) is 0 Å². The van der Waals surface area contributed by atoms with Gasteiger partial charge in [-0.15, -0.1) is 0 Å². The predicted octanol–water partition coefficient (Wildman–Crippen LogP) is 1.80. The molecule has 2 rings (SSSR count). The summed E-state index contributed by atoms with van der Waals surface area (Å²) in [6, 6.07) is 5.97. The molecule has 0 atom stereocenters. The van der Waals surface area contributed by atoms with E-state index in [1.807, 2.05) is 0 Å². The molecule has 1 amide bonds. The van der Waals surface area contributed by atoms with Crippen molar-refractivity contribution in [2.45, 2.75) is 69.0 Å². The summed E-state index contributed by atoms with van der Waals surface area (Å²) in [6.45, 7) is 5.31. The molecule has 134 valence electrons. The Labute approximate surface area is 143 Å². The predicted molar refractivity (Wildman–Crippen MR) is 92.2 cm³/mol. The van der Waals surface area contributed by atoms with Gasteiger partial charge in [0.2, 0.25) is 10.0 Å². The van der Waals surface area contributed by atoms with Crippen LogP contribution < -0.4 is 10.0 Å². The first-order valence-electron chi connectivity index (χ1n) is 8.20. The molecule has 1 fully saturated rings. The summed E-state index contributed by atoms with van der Waals surface area (Å²) in [7, 11) is -3.60. The van der Waals surface area contributed by atoms with Gasteiger partial charge in [0.05, 0.1) is 11.0 Å². The molecule has 0 bridgehead atoms. The van der Waals surface area contributed by atoms with Crippen molar-refractivity contribution in [1.29, 1.82) is 0 Å². The second-order valence-corrected chi connectivity index (χ2v) is 9.04. The Morgan fingerprint density at radius 1 is 1.08 bits per heavy atom. The third kappa shape index (κ3) is 5.29. The van der Waals surface area contributed by atoms with Crippen LogP contribution in [0.1, 0.15) is 56.8 Å². The van der Waals surface area contributed by atoms with E-state index in [0.717, 1.165) is 12.8 Å². The smallest absolute Gasteiger partial charge is 0.251 e. The number of nitrogens with one attached hydrogen (secondary N) is 2. The second-order valence-electron chi connectivity index (χ2n) is 7.36. The minimum Gasteiger partial charge on any atom is -0.393 e. The van der Waals surface area contributed by atoms with E-state index in [1.54, 1.807) is 20.8 Å². The minimum atomic E-state index is -3.60. The molecule has 3 N–H and O–H groups in total. The lowest BCUT2D eigenvalue weighted by Crippen LogP contribution is -2.40. The van der Waals surface area contributed by atoms with Crippen LogP contribution in [-0.2, 0) is 10.0 Å². The number of aliphatic hydroxyl groups is 1. The molecular formula is C17H26N2O4S. The molecule has 1 aromatic rings. The van der Waals surface area contributed by atoms with E-state index in [2.05, 4.69) is 10.0 Å². The monoisotopic (exact) mass is 354 g/mol. The van der Waals surface area contributed by atoms with Gasteiger partial charge in [-0.05, 0) is 70.7 Å². The zero-order valence-corrected chi connectivity index (χ0v) is 15.2. The molecule has 0 unspecified atom stereocenters. The van der Waals surface area contributed by atoms with Crippen molar-refractivity contribution in [1.82, 2.24) is 10.0 Å². The van der Waals surface area contributed by atoms with E-state index in [-0.39, 0.29) is 22.9 Å². The van der Waals surface area contributed by atoms with E-state index in [1.165, 1.54) is 24.3 Å². The van der Waals surface area contributed by atoms with Crippen LogP contribution in [0.15, 0.2) is 29.2 Å². The molecule has 1 aliphatic carbocycles. The van der Waals surface area contributed by atoms with Crippen LogP contribution in [-0.4, -0.2) is 37.1 Å². The van der Waals surface area contributed by atoms with Crippen molar-refractivity contribution in [3.63, 3.8) is 0 Å². The summed E-state index contributed by atoms with van der Waals surface area (Å²) in [4.78, 5) is 12.4. The lowest BCUT2D eigenvalue weighted by molar-refractivity contribution is 0.0867. The normalized spacial score (nSPS) is 22.2. The third-order valence-electron chi connectivity index (χ3n) is 3.90. The molecule has 1 saturated carbocycles. The number of hydrogen-bond acceptors (Lipinski definition) is 4. The molecule has 0 aliphatic heterocycles. The topological polar surface area (TPSA) is 95.5 Å². The number of aliphatic hydroxyl groups excluding tert-OH is 1. The largest absolute Gasteiger partial charge is 0.393 e. The van der Waals surface area contributed by atoms with Gasteiger partial charge in [-0.25, -0.2) is 13.1 Å². The number of carbonyl (C=O) groups is 1. The highest BCUT2D eigenvalue weighted by Crippen LogP contribution is 2.19. The summed E-state index contributed by atoms with van der Waals surface area (Å²) >= 11 is 0. The Bertz CT molecular complexity index is 670. The molecule has 1 aliphatic rings. The van der Waals surface area contributed by atoms with Crippen LogP contribution >= 0.6 is 0 Å². The highest BCUT2D eigenvalue weighted by Gasteiger charge is 2.23. The maximum absolute atomic E-state index is 12.2. The highest BCUT2D eigenvalue weighted by molar-refractivity contribution is 7.89. The molecule has 0 spiro atoms. The first-order valence-corrected chi connectivity index (χ1v) is 9.68. The molecule has 1 aromatic carbocycles. The molecule has 24 heavy (non-hydrogen) atoms. The van der Waals surface area contributed by atoms with E-state index in [9.17, 15) is 18.3 Å². The maximum Gasteiger partial charge on any atom is 0.251 e. The SMILES string of the molecule is CC(C)(C)NS(=O)(=O)c1ccc(C(=O)NC2CCC(O)CC2)cc1. The van der Waals surface area contributed by atoms with Gasteiger partial charge in [-0.3, -0.25) is 4.79 Å². The van der Waals surface area contributed by atoms with Crippen molar-refractivity contribution in [2.24, 2.45) is 0 Å². The van der Waals surface area contributed by atoms with Crippen molar-refractivity contribution < 1.29 is 18.3 Å². The van der Waals surface area contributed by atoms with Crippen molar-refractivity contribution in [3.05, 3.63) is 29.8 Å². The summed E-state index contributed by atoms with van der Waals surface area (Å²) in [5.41, 5.74) is -0.142. The second kappa shape index (κ2) is 7.21. The average Bonchev–Trinajstić information content (AvgIpc) is 2.47. The van der Waals surface area contributed by atoms with Crippen LogP contribution in [0.2, 0.25) is 0 Å². The lowest BCUT2D eigenvalue weighted by atomic mass is 9.93. The molecule has 0 heterocycles. The van der Waals surface area contributed by atoms with Gasteiger partial charge in [-0.2, -0.15) is 0 Å². The number of hydrogen-bond donors (Lipinski definition) is 3. The summed E-state index contributed by atoms with van der Waals surface area (Å²) in [6.07, 6.45) is 2.64. The molecule has 6 nitrogen and oxygen atoms in total. The Balaban J connectivity index is 2.02. The Morgan fingerprint density at radius 3 is 2.12 bits per heavy atom. The Morgan fingerprint density at radius 2 is 1.62 bits per heavy atom. The lowest BCUT2D eigenvalue weighted by Gasteiger charge is -2.26. The number of benzene rings is 1. The van der Waals surface area contributed by atoms with E-state index in [4.69, 9.17) is 0 Å². The fourth-order valence-electron chi connectivity index (χ4n) is 2.74. The molecule has 0 radical (unpaired) electrons. The third-order valence-corrected chi connectivity index (χ3v) is 5.67. The van der Waals surface area contributed by atoms with E-state index < -0.39 is 15.6 Å². The van der Waals surface area contributed by atoms with Crippen molar-refractivity contribution in [2.75, 3.05) is 0 Å². The van der Waals surface area contributed by atoms with Gasteiger partial charge < -0.3 is 10.4 Å². The molecular weight excluding hydrogens is 328 g/mol. The number of carbonyl (C=O) groups excluding carboxylic acids is 1. The average molecular weight is 354 g/mol. The fourth-order valence-corrected chi connectivity index (χ4v) is 4.15. The van der Waals surface area contributed by atoms with Gasteiger partial charge in [-0.1, -0.05) is 0 Å². The molecule has 7 heteroatoms. The summed E-state index contributed by atoms with van der Waals surface area (Å²) < 4.78 is 27.1. The van der Waals surface area contributed by atoms with E-state index >= 15 is 0 Å². The van der Waals surface area contributed by atoms with Crippen LogP contribution in [0, 0.1) is 0 Å². The van der Waals surface area contributed by atoms with Gasteiger partial charge in [0.1, 0.15) is 0 Å². The van der Waals surface area contributed by atoms with Gasteiger partial charge in [0.25, 0.3) is 5.91 Å². The van der Waals surface area contributed by atoms with Crippen molar-refractivity contribution >= 4 is 15.9 Å². The standard InChI is InChI=1S/C17H26N2O4S/c1-17(2,3)19-24(22,23)15-10-4-12(5-11-15)16(21)18-13-6-8-14(20)9-7-13/h4-5,10-11,13-14,19-20H,6-9H2,1-3H3,(H,18,21). The number of rotatable bonds is 4. The van der Waals surface area contributed by atoms with Crippen LogP contribution in [0.5, 0.6) is 0 Å². The fraction of sp³-hybridized carbons (Fsp3) is 0.588. The summed E-state index contributed by atoms with van der Waals surface area (Å²) in [5.74, 6) is -0.218. The first kappa shape index (κ1) is 18.9. The first-order chi connectivity index (χ1) is 11.1. The van der Waals surface area contributed by atoms with Gasteiger partial charge in [0.15, 0.2) is 0 Å². The summed E-state index contributed by atoms with van der Waals surface area (Å²) in [5, 5.41) is 12.4.